The third-order valence-electron chi connectivity index (χ3n) is 3.98. The summed E-state index contributed by atoms with van der Waals surface area (Å²) in [6.45, 7) is 7.69. The van der Waals surface area contributed by atoms with Crippen LogP contribution >= 0.6 is 0 Å². The van der Waals surface area contributed by atoms with Gasteiger partial charge in [-0.3, -0.25) is 9.78 Å². The Morgan fingerprint density at radius 2 is 1.95 bits per heavy atom. The molecule has 1 aromatic rings. The normalized spacial score (nSPS) is 25.1. The van der Waals surface area contributed by atoms with Crippen molar-refractivity contribution >= 4 is 12.1 Å². The van der Waals surface area contributed by atoms with Crippen molar-refractivity contribution in [3.8, 4) is 0 Å². The number of carboxylic acid groups (broad SMARTS) is 1. The lowest BCUT2D eigenvalue weighted by Crippen LogP contribution is -2.38. The number of carbonyl (C=O) groups is 2. The van der Waals surface area contributed by atoms with E-state index in [2.05, 4.69) is 4.98 Å². The molecule has 1 aliphatic heterocycles. The van der Waals surface area contributed by atoms with Gasteiger partial charge in [0.15, 0.2) is 0 Å². The van der Waals surface area contributed by atoms with E-state index < -0.39 is 29.0 Å². The molecule has 0 unspecified atom stereocenters. The number of aliphatic carboxylic acids is 1. The summed E-state index contributed by atoms with van der Waals surface area (Å²) in [5.41, 5.74) is -0.405. The number of pyridine rings is 1. The van der Waals surface area contributed by atoms with Crippen LogP contribution in [0.5, 0.6) is 0 Å². The number of amides is 1. The van der Waals surface area contributed by atoms with E-state index in [4.69, 9.17) is 4.74 Å². The molecule has 0 saturated carbocycles. The Balaban J connectivity index is 2.28. The Morgan fingerprint density at radius 3 is 2.45 bits per heavy atom. The second-order valence-corrected chi connectivity index (χ2v) is 6.91. The average molecular weight is 306 g/mol. The zero-order valence-corrected chi connectivity index (χ0v) is 13.4. The molecule has 0 aromatic carbocycles. The number of likely N-dealkylation sites (tertiary alicyclic amines) is 1. The maximum atomic E-state index is 12.2. The first kappa shape index (κ1) is 16.3. The molecule has 1 saturated heterocycles. The van der Waals surface area contributed by atoms with E-state index >= 15 is 0 Å². The van der Waals surface area contributed by atoms with Crippen LogP contribution in [-0.4, -0.2) is 45.7 Å². The average Bonchev–Trinajstić information content (AvgIpc) is 2.78. The fraction of sp³-hybridized carbons (Fsp3) is 0.562. The second-order valence-electron chi connectivity index (χ2n) is 6.91. The van der Waals surface area contributed by atoms with Gasteiger partial charge in [0.2, 0.25) is 0 Å². The molecule has 1 fully saturated rings. The minimum atomic E-state index is -0.912. The van der Waals surface area contributed by atoms with Crippen molar-refractivity contribution in [2.75, 3.05) is 13.1 Å². The van der Waals surface area contributed by atoms with Crippen molar-refractivity contribution in [1.82, 2.24) is 9.88 Å². The molecular formula is C16H22N2O4. The van der Waals surface area contributed by atoms with E-state index in [1.807, 2.05) is 6.92 Å². The lowest BCUT2D eigenvalue weighted by atomic mass is 9.74. The van der Waals surface area contributed by atoms with Gasteiger partial charge < -0.3 is 14.7 Å². The van der Waals surface area contributed by atoms with Crippen LogP contribution in [0.25, 0.3) is 0 Å². The Hall–Kier alpha value is -2.11. The number of ether oxygens (including phenoxy) is 1. The molecule has 0 spiro atoms. The summed E-state index contributed by atoms with van der Waals surface area (Å²) in [6, 6.07) is 3.60. The molecule has 0 radical (unpaired) electrons. The van der Waals surface area contributed by atoms with Gasteiger partial charge in [-0.15, -0.1) is 0 Å². The summed E-state index contributed by atoms with van der Waals surface area (Å²) in [5, 5.41) is 9.55. The third-order valence-corrected chi connectivity index (χ3v) is 3.98. The summed E-state index contributed by atoms with van der Waals surface area (Å²) in [5.74, 6) is -1.59. The summed E-state index contributed by atoms with van der Waals surface area (Å²) < 4.78 is 5.36. The van der Waals surface area contributed by atoms with E-state index in [1.54, 1.807) is 45.3 Å². The molecule has 0 bridgehead atoms. The van der Waals surface area contributed by atoms with Crippen LogP contribution in [-0.2, 0) is 14.9 Å². The van der Waals surface area contributed by atoms with Gasteiger partial charge in [0.05, 0.1) is 5.92 Å². The summed E-state index contributed by atoms with van der Waals surface area (Å²) in [4.78, 5) is 29.3. The first-order valence-electron chi connectivity index (χ1n) is 7.25. The first-order valence-corrected chi connectivity index (χ1v) is 7.25. The number of aromatic nitrogens is 1. The molecule has 2 heterocycles. The molecule has 1 aromatic heterocycles. The number of hydrogen-bond acceptors (Lipinski definition) is 4. The Kier molecular flexibility index (Phi) is 4.13. The highest BCUT2D eigenvalue weighted by Gasteiger charge is 2.50. The zero-order valence-electron chi connectivity index (χ0n) is 13.4. The highest BCUT2D eigenvalue weighted by molar-refractivity contribution is 5.77. The van der Waals surface area contributed by atoms with Gasteiger partial charge >= 0.3 is 12.1 Å². The van der Waals surface area contributed by atoms with Crippen molar-refractivity contribution in [1.29, 1.82) is 0 Å². The summed E-state index contributed by atoms with van der Waals surface area (Å²) in [7, 11) is 0. The van der Waals surface area contributed by atoms with Crippen LogP contribution in [0.15, 0.2) is 24.5 Å². The molecule has 2 atom stereocenters. The quantitative estimate of drug-likeness (QED) is 0.907. The molecule has 22 heavy (non-hydrogen) atoms. The van der Waals surface area contributed by atoms with E-state index in [-0.39, 0.29) is 6.54 Å². The maximum absolute atomic E-state index is 12.2. The topological polar surface area (TPSA) is 79.7 Å². The third kappa shape index (κ3) is 3.21. The predicted octanol–water partition coefficient (Wildman–Crippen LogP) is 2.29. The van der Waals surface area contributed by atoms with Gasteiger partial charge in [-0.1, -0.05) is 6.92 Å². The molecule has 120 valence electrons. The van der Waals surface area contributed by atoms with Crippen molar-refractivity contribution in [3.63, 3.8) is 0 Å². The SMILES string of the molecule is CC(C)(C)OC(=O)N1C[C@H](C(=O)O)[C@@](C)(c2ccncc2)C1. The molecule has 1 aliphatic rings. The Bertz CT molecular complexity index is 567. The molecular weight excluding hydrogens is 284 g/mol. The van der Waals surface area contributed by atoms with Gasteiger partial charge in [0.25, 0.3) is 0 Å². The van der Waals surface area contributed by atoms with Crippen LogP contribution in [0.4, 0.5) is 4.79 Å². The summed E-state index contributed by atoms with van der Waals surface area (Å²) in [6.07, 6.45) is 2.79. The standard InChI is InChI=1S/C16H22N2O4/c1-15(2,3)22-14(21)18-9-12(13(19)20)16(4,10-18)11-5-7-17-8-6-11/h5-8,12H,9-10H2,1-4H3,(H,19,20)/t12-,16-/m1/s1. The van der Waals surface area contributed by atoms with Crippen LogP contribution < -0.4 is 0 Å². The minimum Gasteiger partial charge on any atom is -0.481 e. The number of carboxylic acids is 1. The molecule has 6 nitrogen and oxygen atoms in total. The van der Waals surface area contributed by atoms with Crippen molar-refractivity contribution in [3.05, 3.63) is 30.1 Å². The van der Waals surface area contributed by atoms with Gasteiger partial charge in [0, 0.05) is 30.9 Å². The van der Waals surface area contributed by atoms with Gasteiger partial charge in [0.1, 0.15) is 5.60 Å². The predicted molar refractivity (Wildman–Crippen MR) is 80.5 cm³/mol. The smallest absolute Gasteiger partial charge is 0.410 e. The monoisotopic (exact) mass is 306 g/mol. The molecule has 1 amide bonds. The van der Waals surface area contributed by atoms with Crippen LogP contribution in [0.1, 0.15) is 33.3 Å². The molecule has 2 rings (SSSR count). The molecule has 0 aliphatic carbocycles. The van der Waals surface area contributed by atoms with Gasteiger partial charge in [-0.05, 0) is 38.5 Å². The van der Waals surface area contributed by atoms with Crippen molar-refractivity contribution in [2.24, 2.45) is 5.92 Å². The van der Waals surface area contributed by atoms with E-state index in [0.29, 0.717) is 6.54 Å². The van der Waals surface area contributed by atoms with Crippen molar-refractivity contribution < 1.29 is 19.4 Å². The van der Waals surface area contributed by atoms with E-state index in [0.717, 1.165) is 5.56 Å². The van der Waals surface area contributed by atoms with Gasteiger partial charge in [-0.25, -0.2) is 4.79 Å². The van der Waals surface area contributed by atoms with E-state index in [9.17, 15) is 14.7 Å². The molecule has 6 heteroatoms. The van der Waals surface area contributed by atoms with E-state index in [1.165, 1.54) is 4.90 Å². The number of rotatable bonds is 2. The van der Waals surface area contributed by atoms with Crippen molar-refractivity contribution in [2.45, 2.75) is 38.7 Å². The Morgan fingerprint density at radius 1 is 1.36 bits per heavy atom. The number of carbonyl (C=O) groups excluding carboxylic acids is 1. The lowest BCUT2D eigenvalue weighted by molar-refractivity contribution is -0.142. The fourth-order valence-electron chi connectivity index (χ4n) is 2.83. The van der Waals surface area contributed by atoms with Crippen LogP contribution in [0.3, 0.4) is 0 Å². The largest absolute Gasteiger partial charge is 0.481 e. The zero-order chi connectivity index (χ0) is 16.5. The van der Waals surface area contributed by atoms with Crippen LogP contribution in [0.2, 0.25) is 0 Å². The number of nitrogens with zero attached hydrogens (tertiary/aromatic N) is 2. The lowest BCUT2D eigenvalue weighted by Gasteiger charge is -2.29. The van der Waals surface area contributed by atoms with Crippen LogP contribution in [0, 0.1) is 5.92 Å². The first-order chi connectivity index (χ1) is 10.1. The fourth-order valence-corrected chi connectivity index (χ4v) is 2.83. The summed E-state index contributed by atoms with van der Waals surface area (Å²) >= 11 is 0. The Labute approximate surface area is 130 Å². The maximum Gasteiger partial charge on any atom is 0.410 e. The minimum absolute atomic E-state index is 0.142. The number of hydrogen-bond donors (Lipinski definition) is 1. The highest BCUT2D eigenvalue weighted by Crippen LogP contribution is 2.39. The highest BCUT2D eigenvalue weighted by atomic mass is 16.6. The molecule has 1 N–H and O–H groups in total. The van der Waals surface area contributed by atoms with Gasteiger partial charge in [-0.2, -0.15) is 0 Å². The second kappa shape index (κ2) is 5.59.